The summed E-state index contributed by atoms with van der Waals surface area (Å²) in [6, 6.07) is 7.63. The lowest BCUT2D eigenvalue weighted by Gasteiger charge is -2.15. The summed E-state index contributed by atoms with van der Waals surface area (Å²) in [6.45, 7) is 1.66. The average Bonchev–Trinajstić information content (AvgIpc) is 3.17. The smallest absolute Gasteiger partial charge is 0.230 e. The van der Waals surface area contributed by atoms with Gasteiger partial charge in [0.15, 0.2) is 0 Å². The zero-order valence-corrected chi connectivity index (χ0v) is 11.4. The van der Waals surface area contributed by atoms with E-state index in [9.17, 15) is 4.79 Å². The first-order chi connectivity index (χ1) is 8.69. The Kier molecular flexibility index (Phi) is 4.25. The number of hydrogen-bond acceptors (Lipinski definition) is 2. The van der Waals surface area contributed by atoms with Crippen molar-refractivity contribution < 1.29 is 4.79 Å². The zero-order chi connectivity index (χ0) is 13.0. The third-order valence-corrected chi connectivity index (χ3v) is 3.72. The van der Waals surface area contributed by atoms with Crippen LogP contribution >= 0.6 is 11.6 Å². The van der Waals surface area contributed by atoms with Crippen LogP contribution in [0.1, 0.15) is 24.8 Å². The molecule has 4 heteroatoms. The van der Waals surface area contributed by atoms with E-state index < -0.39 is 0 Å². The van der Waals surface area contributed by atoms with E-state index in [-0.39, 0.29) is 11.3 Å². The Morgan fingerprint density at radius 3 is 2.50 bits per heavy atom. The Morgan fingerprint density at radius 1 is 1.28 bits per heavy atom. The summed E-state index contributed by atoms with van der Waals surface area (Å²) in [6.07, 6.45) is 2.83. The van der Waals surface area contributed by atoms with Crippen molar-refractivity contribution in [3.8, 4) is 0 Å². The van der Waals surface area contributed by atoms with Crippen LogP contribution in [-0.4, -0.2) is 26.0 Å². The van der Waals surface area contributed by atoms with Gasteiger partial charge in [-0.2, -0.15) is 0 Å². The highest BCUT2D eigenvalue weighted by Gasteiger charge is 2.50. The minimum absolute atomic E-state index is 0.154. The molecule has 0 aliphatic heterocycles. The largest absolute Gasteiger partial charge is 0.355 e. The highest BCUT2D eigenvalue weighted by molar-refractivity contribution is 6.30. The average molecular weight is 267 g/mol. The predicted octanol–water partition coefficient (Wildman–Crippen LogP) is 2.10. The minimum atomic E-state index is -0.287. The second-order valence-electron chi connectivity index (χ2n) is 4.80. The van der Waals surface area contributed by atoms with Crippen LogP contribution in [0.25, 0.3) is 0 Å². The van der Waals surface area contributed by atoms with E-state index in [2.05, 4.69) is 10.6 Å². The molecule has 1 aliphatic rings. The van der Waals surface area contributed by atoms with Gasteiger partial charge in [0.25, 0.3) is 0 Å². The Balaban J connectivity index is 1.94. The summed E-state index contributed by atoms with van der Waals surface area (Å²) in [5.74, 6) is 0.154. The number of amides is 1. The lowest BCUT2D eigenvalue weighted by Crippen LogP contribution is -2.36. The Labute approximate surface area is 113 Å². The van der Waals surface area contributed by atoms with Crippen LogP contribution in [0.3, 0.4) is 0 Å². The van der Waals surface area contributed by atoms with Crippen LogP contribution in [0.4, 0.5) is 0 Å². The van der Waals surface area contributed by atoms with Crippen LogP contribution in [0.5, 0.6) is 0 Å². The van der Waals surface area contributed by atoms with Crippen molar-refractivity contribution in [1.29, 1.82) is 0 Å². The molecule has 1 amide bonds. The van der Waals surface area contributed by atoms with E-state index in [0.29, 0.717) is 5.02 Å². The molecule has 0 aromatic heterocycles. The first-order valence-corrected chi connectivity index (χ1v) is 6.76. The number of carbonyl (C=O) groups is 1. The van der Waals surface area contributed by atoms with Gasteiger partial charge in [0.1, 0.15) is 0 Å². The van der Waals surface area contributed by atoms with Crippen molar-refractivity contribution in [3.05, 3.63) is 34.9 Å². The maximum absolute atomic E-state index is 12.2. The summed E-state index contributed by atoms with van der Waals surface area (Å²) < 4.78 is 0. The van der Waals surface area contributed by atoms with Gasteiger partial charge >= 0.3 is 0 Å². The Morgan fingerprint density at radius 2 is 1.94 bits per heavy atom. The monoisotopic (exact) mass is 266 g/mol. The van der Waals surface area contributed by atoms with Gasteiger partial charge < -0.3 is 10.6 Å². The number of nitrogens with one attached hydrogen (secondary N) is 2. The van der Waals surface area contributed by atoms with Crippen molar-refractivity contribution in [2.24, 2.45) is 0 Å². The number of hydrogen-bond donors (Lipinski definition) is 2. The molecule has 0 heterocycles. The molecule has 1 fully saturated rings. The van der Waals surface area contributed by atoms with Gasteiger partial charge in [0.2, 0.25) is 5.91 Å². The normalized spacial score (nSPS) is 16.3. The van der Waals surface area contributed by atoms with E-state index >= 15 is 0 Å². The second kappa shape index (κ2) is 5.72. The summed E-state index contributed by atoms with van der Waals surface area (Å²) in [7, 11) is 1.91. The van der Waals surface area contributed by atoms with Crippen molar-refractivity contribution in [1.82, 2.24) is 10.6 Å². The highest BCUT2D eigenvalue weighted by Crippen LogP contribution is 2.48. The van der Waals surface area contributed by atoms with Crippen LogP contribution in [0.15, 0.2) is 24.3 Å². The Bertz CT molecular complexity index is 412. The summed E-state index contributed by atoms with van der Waals surface area (Å²) >= 11 is 5.87. The molecule has 3 nitrogen and oxygen atoms in total. The molecule has 0 atom stereocenters. The molecule has 1 saturated carbocycles. The topological polar surface area (TPSA) is 41.1 Å². The third-order valence-electron chi connectivity index (χ3n) is 3.47. The summed E-state index contributed by atoms with van der Waals surface area (Å²) in [5, 5.41) is 6.80. The van der Waals surface area contributed by atoms with E-state index in [4.69, 9.17) is 11.6 Å². The van der Waals surface area contributed by atoms with Gasteiger partial charge in [-0.3, -0.25) is 4.79 Å². The third kappa shape index (κ3) is 2.85. The molecule has 98 valence electrons. The number of rotatable bonds is 6. The summed E-state index contributed by atoms with van der Waals surface area (Å²) in [5.41, 5.74) is 0.794. The fourth-order valence-corrected chi connectivity index (χ4v) is 2.30. The molecular formula is C14H19ClN2O. The molecule has 0 saturated heterocycles. The number of benzene rings is 1. The molecule has 0 radical (unpaired) electrons. The van der Waals surface area contributed by atoms with Gasteiger partial charge in [-0.15, -0.1) is 0 Å². The fourth-order valence-electron chi connectivity index (χ4n) is 2.18. The van der Waals surface area contributed by atoms with Crippen LogP contribution in [0.2, 0.25) is 5.02 Å². The van der Waals surface area contributed by atoms with Crippen molar-refractivity contribution in [3.63, 3.8) is 0 Å². The standard InChI is InChI=1S/C14H19ClN2O/c1-16-9-2-10-17-13(18)14(7-8-14)11-3-5-12(15)6-4-11/h3-6,16H,2,7-10H2,1H3,(H,17,18). The molecule has 0 unspecified atom stereocenters. The lowest BCUT2D eigenvalue weighted by atomic mass is 9.95. The molecule has 0 bridgehead atoms. The first-order valence-electron chi connectivity index (χ1n) is 6.38. The molecule has 1 aromatic rings. The molecule has 1 aliphatic carbocycles. The van der Waals surface area contributed by atoms with Gasteiger partial charge in [0.05, 0.1) is 5.41 Å². The SMILES string of the molecule is CNCCCNC(=O)C1(c2ccc(Cl)cc2)CC1. The van der Waals surface area contributed by atoms with Gasteiger partial charge in [0, 0.05) is 11.6 Å². The molecule has 1 aromatic carbocycles. The van der Waals surface area contributed by atoms with E-state index in [1.165, 1.54) is 0 Å². The molecule has 18 heavy (non-hydrogen) atoms. The number of carbonyl (C=O) groups excluding carboxylic acids is 1. The predicted molar refractivity (Wildman–Crippen MR) is 73.9 cm³/mol. The molecular weight excluding hydrogens is 248 g/mol. The second-order valence-corrected chi connectivity index (χ2v) is 5.24. The van der Waals surface area contributed by atoms with Crippen LogP contribution in [-0.2, 0) is 10.2 Å². The maximum Gasteiger partial charge on any atom is 0.230 e. The van der Waals surface area contributed by atoms with Crippen LogP contribution < -0.4 is 10.6 Å². The van der Waals surface area contributed by atoms with Gasteiger partial charge in [-0.05, 0) is 50.6 Å². The molecule has 0 spiro atoms. The van der Waals surface area contributed by atoms with Crippen molar-refractivity contribution in [2.75, 3.05) is 20.1 Å². The maximum atomic E-state index is 12.2. The van der Waals surface area contributed by atoms with E-state index in [0.717, 1.165) is 37.9 Å². The quantitative estimate of drug-likeness (QED) is 0.775. The number of halogens is 1. The lowest BCUT2D eigenvalue weighted by molar-refractivity contribution is -0.123. The van der Waals surface area contributed by atoms with E-state index in [1.807, 2.05) is 31.3 Å². The highest BCUT2D eigenvalue weighted by atomic mass is 35.5. The fraction of sp³-hybridized carbons (Fsp3) is 0.500. The van der Waals surface area contributed by atoms with Crippen LogP contribution in [0, 0.1) is 0 Å². The molecule has 2 N–H and O–H groups in total. The van der Waals surface area contributed by atoms with Gasteiger partial charge in [-0.1, -0.05) is 23.7 Å². The van der Waals surface area contributed by atoms with E-state index in [1.54, 1.807) is 0 Å². The first kappa shape index (κ1) is 13.4. The van der Waals surface area contributed by atoms with Crippen molar-refractivity contribution in [2.45, 2.75) is 24.7 Å². The zero-order valence-electron chi connectivity index (χ0n) is 10.6. The van der Waals surface area contributed by atoms with Gasteiger partial charge in [-0.25, -0.2) is 0 Å². The minimum Gasteiger partial charge on any atom is -0.355 e. The molecule has 2 rings (SSSR count). The van der Waals surface area contributed by atoms with Crippen molar-refractivity contribution >= 4 is 17.5 Å². The summed E-state index contributed by atoms with van der Waals surface area (Å²) in [4.78, 5) is 12.2. The Hall–Kier alpha value is -1.06.